The van der Waals surface area contributed by atoms with E-state index in [1.54, 1.807) is 13.4 Å². The van der Waals surface area contributed by atoms with Crippen molar-refractivity contribution < 1.29 is 4.74 Å². The molecule has 2 aromatic rings. The number of aliphatic imine (C=N–C) groups is 1. The maximum absolute atomic E-state index is 5.72. The Kier molecular flexibility index (Phi) is 6.80. The molecule has 1 atom stereocenters. The van der Waals surface area contributed by atoms with E-state index in [0.29, 0.717) is 12.5 Å². The van der Waals surface area contributed by atoms with Gasteiger partial charge in [-0.15, -0.1) is 10.2 Å². The summed E-state index contributed by atoms with van der Waals surface area (Å²) >= 11 is 0. The summed E-state index contributed by atoms with van der Waals surface area (Å²) < 4.78 is 7.60. The first kappa shape index (κ1) is 18.8. The molecule has 2 rings (SSSR count). The molecular formula is C18H28N6O. The van der Waals surface area contributed by atoms with Crippen LogP contribution in [0.1, 0.15) is 38.2 Å². The zero-order valence-corrected chi connectivity index (χ0v) is 15.7. The number of hydrogen-bond acceptors (Lipinski definition) is 4. The minimum Gasteiger partial charge on any atom is -0.493 e. The van der Waals surface area contributed by atoms with Crippen LogP contribution in [-0.2, 0) is 13.6 Å². The van der Waals surface area contributed by atoms with Gasteiger partial charge < -0.3 is 19.9 Å². The van der Waals surface area contributed by atoms with E-state index in [4.69, 9.17) is 4.74 Å². The largest absolute Gasteiger partial charge is 0.493 e. The zero-order valence-electron chi connectivity index (χ0n) is 15.7. The summed E-state index contributed by atoms with van der Waals surface area (Å²) in [5, 5.41) is 14.5. The lowest BCUT2D eigenvalue weighted by Gasteiger charge is -2.18. The fourth-order valence-electron chi connectivity index (χ4n) is 2.23. The predicted molar refractivity (Wildman–Crippen MR) is 99.5 cm³/mol. The molecule has 0 fully saturated rings. The third-order valence-corrected chi connectivity index (χ3v) is 3.76. The van der Waals surface area contributed by atoms with Crippen molar-refractivity contribution in [3.63, 3.8) is 0 Å². The predicted octanol–water partition coefficient (Wildman–Crippen LogP) is 2.28. The van der Waals surface area contributed by atoms with Crippen molar-refractivity contribution in [2.24, 2.45) is 18.0 Å². The van der Waals surface area contributed by atoms with Gasteiger partial charge in [-0.2, -0.15) is 0 Å². The highest BCUT2D eigenvalue weighted by Gasteiger charge is 2.09. The van der Waals surface area contributed by atoms with Crippen LogP contribution in [0, 0.1) is 5.92 Å². The molecule has 0 bridgehead atoms. The van der Waals surface area contributed by atoms with Crippen LogP contribution in [0.25, 0.3) is 0 Å². The molecule has 7 nitrogen and oxygen atoms in total. The fraction of sp³-hybridized carbons (Fsp3) is 0.500. The summed E-state index contributed by atoms with van der Waals surface area (Å²) in [4.78, 5) is 4.26. The molecule has 1 aromatic heterocycles. The number of rotatable bonds is 7. The maximum atomic E-state index is 5.72. The van der Waals surface area contributed by atoms with Gasteiger partial charge in [0.2, 0.25) is 0 Å². The molecule has 7 heteroatoms. The number of ether oxygens (including phenoxy) is 1. The minimum absolute atomic E-state index is 0.116. The summed E-state index contributed by atoms with van der Waals surface area (Å²) in [5.41, 5.74) is 1.17. The quantitative estimate of drug-likeness (QED) is 0.595. The van der Waals surface area contributed by atoms with Gasteiger partial charge in [-0.3, -0.25) is 4.99 Å². The number of guanidine groups is 1. The Morgan fingerprint density at radius 1 is 1.24 bits per heavy atom. The van der Waals surface area contributed by atoms with Crippen LogP contribution >= 0.6 is 0 Å². The van der Waals surface area contributed by atoms with E-state index in [1.165, 1.54) is 5.56 Å². The van der Waals surface area contributed by atoms with Crippen LogP contribution in [-0.4, -0.2) is 34.4 Å². The van der Waals surface area contributed by atoms with Crippen molar-refractivity contribution in [2.45, 2.75) is 33.4 Å². The van der Waals surface area contributed by atoms with Crippen molar-refractivity contribution in [2.75, 3.05) is 13.7 Å². The highest BCUT2D eigenvalue weighted by molar-refractivity contribution is 5.80. The van der Waals surface area contributed by atoms with Gasteiger partial charge in [0, 0.05) is 14.1 Å². The molecule has 136 valence electrons. The lowest BCUT2D eigenvalue weighted by molar-refractivity contribution is 0.271. The minimum atomic E-state index is 0.116. The van der Waals surface area contributed by atoms with E-state index in [2.05, 4.69) is 58.7 Å². The summed E-state index contributed by atoms with van der Waals surface area (Å²) in [6.07, 6.45) is 1.68. The smallest absolute Gasteiger partial charge is 0.191 e. The van der Waals surface area contributed by atoms with E-state index in [9.17, 15) is 0 Å². The van der Waals surface area contributed by atoms with Gasteiger partial charge in [-0.1, -0.05) is 26.0 Å². The second-order valence-corrected chi connectivity index (χ2v) is 6.42. The van der Waals surface area contributed by atoms with Crippen molar-refractivity contribution >= 4 is 5.96 Å². The third kappa shape index (κ3) is 5.77. The molecule has 25 heavy (non-hydrogen) atoms. The highest BCUT2D eigenvalue weighted by Crippen LogP contribution is 2.18. The number of hydrogen-bond donors (Lipinski definition) is 2. The molecule has 0 amide bonds. The van der Waals surface area contributed by atoms with Crippen LogP contribution in [0.15, 0.2) is 35.6 Å². The van der Waals surface area contributed by atoms with Gasteiger partial charge in [0.1, 0.15) is 12.1 Å². The number of benzene rings is 1. The van der Waals surface area contributed by atoms with E-state index in [1.807, 2.05) is 23.7 Å². The molecule has 0 aliphatic carbocycles. The van der Waals surface area contributed by atoms with Crippen molar-refractivity contribution in [1.29, 1.82) is 0 Å². The first-order valence-electron chi connectivity index (χ1n) is 8.52. The molecule has 0 saturated carbocycles. The molecular weight excluding hydrogens is 316 g/mol. The number of nitrogens with zero attached hydrogens (tertiary/aromatic N) is 4. The lowest BCUT2D eigenvalue weighted by Crippen LogP contribution is -2.38. The Labute approximate surface area is 149 Å². The van der Waals surface area contributed by atoms with Crippen molar-refractivity contribution in [1.82, 2.24) is 25.4 Å². The summed E-state index contributed by atoms with van der Waals surface area (Å²) in [6.45, 7) is 7.66. The number of aryl methyl sites for hydroxylation is 1. The van der Waals surface area contributed by atoms with Gasteiger partial charge in [0.25, 0.3) is 0 Å². The molecule has 0 saturated heterocycles. The Balaban J connectivity index is 1.88. The maximum Gasteiger partial charge on any atom is 0.191 e. The normalized spacial score (nSPS) is 13.0. The Bertz CT molecular complexity index is 677. The number of aromatic nitrogens is 3. The second-order valence-electron chi connectivity index (χ2n) is 6.42. The highest BCUT2D eigenvalue weighted by atomic mass is 16.5. The van der Waals surface area contributed by atoms with Crippen LogP contribution in [0.4, 0.5) is 0 Å². The van der Waals surface area contributed by atoms with E-state index in [0.717, 1.165) is 24.1 Å². The van der Waals surface area contributed by atoms with Crippen molar-refractivity contribution in [3.05, 3.63) is 42.0 Å². The number of nitrogens with one attached hydrogen (secondary N) is 2. The van der Waals surface area contributed by atoms with E-state index < -0.39 is 0 Å². The van der Waals surface area contributed by atoms with Crippen molar-refractivity contribution in [3.8, 4) is 5.75 Å². The van der Waals surface area contributed by atoms with E-state index >= 15 is 0 Å². The molecule has 0 aliphatic rings. The zero-order chi connectivity index (χ0) is 18.2. The monoisotopic (exact) mass is 344 g/mol. The molecule has 0 spiro atoms. The Morgan fingerprint density at radius 3 is 2.52 bits per heavy atom. The molecule has 0 aliphatic heterocycles. The Hall–Kier alpha value is -2.57. The van der Waals surface area contributed by atoms with E-state index in [-0.39, 0.29) is 6.04 Å². The summed E-state index contributed by atoms with van der Waals surface area (Å²) in [6, 6.07) is 8.27. The van der Waals surface area contributed by atoms with Crippen LogP contribution in [0.3, 0.4) is 0 Å². The van der Waals surface area contributed by atoms with Crippen LogP contribution in [0.2, 0.25) is 0 Å². The average molecular weight is 344 g/mol. The van der Waals surface area contributed by atoms with Crippen LogP contribution < -0.4 is 15.4 Å². The standard InChI is InChI=1S/C18H28N6O/c1-13(2)11-25-16-8-6-15(7-9-16)14(3)22-18(19-4)20-10-17-23-21-12-24(17)5/h6-9,12-14H,10-11H2,1-5H3,(H2,19,20,22)/t14-/m1/s1. The first-order valence-corrected chi connectivity index (χ1v) is 8.52. The average Bonchev–Trinajstić information content (AvgIpc) is 3.02. The van der Waals surface area contributed by atoms with Crippen LogP contribution in [0.5, 0.6) is 5.75 Å². The molecule has 2 N–H and O–H groups in total. The van der Waals surface area contributed by atoms with Gasteiger partial charge in [-0.25, -0.2) is 0 Å². The van der Waals surface area contributed by atoms with Gasteiger partial charge >= 0.3 is 0 Å². The SMILES string of the molecule is CN=C(NCc1nncn1C)N[C@H](C)c1ccc(OCC(C)C)cc1. The second kappa shape index (κ2) is 9.05. The molecule has 0 radical (unpaired) electrons. The van der Waals surface area contributed by atoms with Gasteiger partial charge in [-0.05, 0) is 30.5 Å². The van der Waals surface area contributed by atoms with Gasteiger partial charge in [0.05, 0.1) is 19.2 Å². The summed E-state index contributed by atoms with van der Waals surface area (Å²) in [5.74, 6) is 2.98. The molecule has 1 heterocycles. The van der Waals surface area contributed by atoms with Gasteiger partial charge in [0.15, 0.2) is 11.8 Å². The fourth-order valence-corrected chi connectivity index (χ4v) is 2.23. The summed E-state index contributed by atoms with van der Waals surface area (Å²) in [7, 11) is 3.67. The topological polar surface area (TPSA) is 76.4 Å². The molecule has 0 unspecified atom stereocenters. The molecule has 1 aromatic carbocycles. The lowest BCUT2D eigenvalue weighted by atomic mass is 10.1. The first-order chi connectivity index (χ1) is 12.0. The third-order valence-electron chi connectivity index (χ3n) is 3.76. The Morgan fingerprint density at radius 2 is 1.96 bits per heavy atom.